The first-order chi connectivity index (χ1) is 17.5. The summed E-state index contributed by atoms with van der Waals surface area (Å²) in [5.41, 5.74) is 1.16. The van der Waals surface area contributed by atoms with Gasteiger partial charge in [0.05, 0.1) is 26.2 Å². The van der Waals surface area contributed by atoms with E-state index in [-0.39, 0.29) is 72.0 Å². The van der Waals surface area contributed by atoms with E-state index >= 15 is 0 Å². The van der Waals surface area contributed by atoms with Crippen LogP contribution in [0.3, 0.4) is 0 Å². The molecule has 1 saturated heterocycles. The van der Waals surface area contributed by atoms with Gasteiger partial charge in [0.25, 0.3) is 0 Å². The first-order valence-electron chi connectivity index (χ1n) is 11.8. The molecule has 0 bridgehead atoms. The Morgan fingerprint density at radius 1 is 0.703 bits per heavy atom. The van der Waals surface area contributed by atoms with Crippen LogP contribution in [-0.4, -0.2) is 142 Å². The van der Waals surface area contributed by atoms with E-state index in [0.29, 0.717) is 12.1 Å². The highest BCUT2D eigenvalue weighted by molar-refractivity contribution is 5.70. The molecule has 0 amide bonds. The standard InChI is InChI=1S/C23H32N6O8/c24-25-18-3-1-17(2-4-18)11-19-12-28(15-22(34)35)8-7-26(13-20(30)31)5-6-27(14-21(32)33)9-10-29(19)16-23(36)37/h1-4,19H,5-16H2,(H3-,30,31,32,33,34,35,36,37)/p+1. The lowest BCUT2D eigenvalue weighted by Gasteiger charge is -2.37. The van der Waals surface area contributed by atoms with E-state index in [2.05, 4.69) is 4.98 Å². The molecule has 1 fully saturated rings. The molecule has 2 rings (SSSR count). The minimum absolute atomic E-state index is 0.186. The van der Waals surface area contributed by atoms with Crippen molar-refractivity contribution in [1.29, 1.82) is 5.39 Å². The van der Waals surface area contributed by atoms with Gasteiger partial charge in [-0.3, -0.25) is 38.8 Å². The summed E-state index contributed by atoms with van der Waals surface area (Å²) in [6.07, 6.45) is 0.354. The second kappa shape index (κ2) is 14.8. The zero-order valence-corrected chi connectivity index (χ0v) is 20.5. The largest absolute Gasteiger partial charge is 0.480 e. The summed E-state index contributed by atoms with van der Waals surface area (Å²) in [6, 6.07) is 6.21. The number of carboxylic acid groups (broad SMARTS) is 4. The maximum Gasteiger partial charge on any atom is 0.385 e. The van der Waals surface area contributed by atoms with Gasteiger partial charge in [-0.2, -0.15) is 0 Å². The zero-order valence-electron chi connectivity index (χ0n) is 20.5. The quantitative estimate of drug-likeness (QED) is 0.292. The van der Waals surface area contributed by atoms with Crippen molar-refractivity contribution in [1.82, 2.24) is 19.6 Å². The second-order valence-corrected chi connectivity index (χ2v) is 8.96. The van der Waals surface area contributed by atoms with Crippen molar-refractivity contribution < 1.29 is 39.6 Å². The molecule has 1 aromatic rings. The first kappa shape index (κ1) is 29.6. The third kappa shape index (κ3) is 11.3. The Balaban J connectivity index is 2.40. The molecular weight excluding hydrogens is 488 g/mol. The zero-order chi connectivity index (χ0) is 27.4. The molecule has 1 heterocycles. The normalized spacial score (nSPS) is 19.3. The fourth-order valence-corrected chi connectivity index (χ4v) is 4.33. The lowest BCUT2D eigenvalue weighted by molar-refractivity contribution is -0.142. The van der Waals surface area contributed by atoms with Crippen molar-refractivity contribution in [2.45, 2.75) is 12.5 Å². The lowest BCUT2D eigenvalue weighted by atomic mass is 10.0. The molecule has 1 aliphatic heterocycles. The highest BCUT2D eigenvalue weighted by Crippen LogP contribution is 2.17. The van der Waals surface area contributed by atoms with Crippen LogP contribution in [0.5, 0.6) is 0 Å². The molecule has 0 saturated carbocycles. The molecule has 202 valence electrons. The van der Waals surface area contributed by atoms with Crippen LogP contribution in [0, 0.1) is 5.39 Å². The maximum atomic E-state index is 11.7. The Hall–Kier alpha value is -3.64. The van der Waals surface area contributed by atoms with E-state index in [1.54, 1.807) is 43.9 Å². The van der Waals surface area contributed by atoms with E-state index in [9.17, 15) is 39.6 Å². The van der Waals surface area contributed by atoms with Gasteiger partial charge < -0.3 is 20.4 Å². The van der Waals surface area contributed by atoms with Crippen LogP contribution in [0.15, 0.2) is 24.3 Å². The minimum atomic E-state index is -1.08. The summed E-state index contributed by atoms with van der Waals surface area (Å²) < 4.78 is 0. The molecule has 14 heteroatoms. The van der Waals surface area contributed by atoms with E-state index in [4.69, 9.17) is 5.39 Å². The van der Waals surface area contributed by atoms with Crippen LogP contribution < -0.4 is 0 Å². The number of nitrogens with zero attached hydrogens (tertiary/aromatic N) is 6. The van der Waals surface area contributed by atoms with Gasteiger partial charge in [0, 0.05) is 64.0 Å². The molecule has 0 aliphatic carbocycles. The number of benzene rings is 1. The van der Waals surface area contributed by atoms with Gasteiger partial charge in [0.1, 0.15) is 0 Å². The fraction of sp³-hybridized carbons (Fsp3) is 0.565. The topological polar surface area (TPSA) is 190 Å². The SMILES string of the molecule is N#[N+]c1ccc(CC2CN(CC(=O)O)CCN(CC(=O)O)CCN(CC(=O)O)CCN2CC(=O)O)cc1. The molecule has 1 aliphatic rings. The molecule has 0 aromatic heterocycles. The highest BCUT2D eigenvalue weighted by Gasteiger charge is 2.27. The monoisotopic (exact) mass is 521 g/mol. The predicted octanol–water partition coefficient (Wildman–Crippen LogP) is -0.358. The summed E-state index contributed by atoms with van der Waals surface area (Å²) in [5.74, 6) is -4.25. The smallest absolute Gasteiger partial charge is 0.385 e. The number of hydrogen-bond donors (Lipinski definition) is 4. The van der Waals surface area contributed by atoms with Crippen molar-refractivity contribution >= 4 is 29.6 Å². The predicted molar refractivity (Wildman–Crippen MR) is 130 cm³/mol. The average molecular weight is 522 g/mol. The van der Waals surface area contributed by atoms with Crippen molar-refractivity contribution in [2.24, 2.45) is 0 Å². The Labute approximate surface area is 213 Å². The molecule has 0 radical (unpaired) electrons. The molecule has 1 unspecified atom stereocenters. The Morgan fingerprint density at radius 3 is 1.59 bits per heavy atom. The Bertz CT molecular complexity index is 982. The van der Waals surface area contributed by atoms with E-state index in [1.165, 1.54) is 0 Å². The third-order valence-electron chi connectivity index (χ3n) is 6.09. The lowest BCUT2D eigenvalue weighted by Crippen LogP contribution is -2.53. The van der Waals surface area contributed by atoms with Crippen LogP contribution in [0.2, 0.25) is 0 Å². The summed E-state index contributed by atoms with van der Waals surface area (Å²) in [7, 11) is 0. The van der Waals surface area contributed by atoms with E-state index in [1.807, 2.05) is 0 Å². The number of rotatable bonds is 10. The van der Waals surface area contributed by atoms with Gasteiger partial charge in [0.15, 0.2) is 4.98 Å². The Kier molecular flexibility index (Phi) is 11.8. The average Bonchev–Trinajstić information content (AvgIpc) is 2.81. The number of diazo groups is 1. The molecule has 0 spiro atoms. The van der Waals surface area contributed by atoms with Gasteiger partial charge in [-0.25, -0.2) is 0 Å². The fourth-order valence-electron chi connectivity index (χ4n) is 4.33. The first-order valence-corrected chi connectivity index (χ1v) is 11.8. The summed E-state index contributed by atoms with van der Waals surface area (Å²) >= 11 is 0. The number of carbonyl (C=O) groups is 4. The van der Waals surface area contributed by atoms with Gasteiger partial charge in [-0.15, -0.1) is 0 Å². The van der Waals surface area contributed by atoms with Crippen LogP contribution in [0.1, 0.15) is 5.56 Å². The van der Waals surface area contributed by atoms with Crippen LogP contribution >= 0.6 is 0 Å². The highest BCUT2D eigenvalue weighted by atomic mass is 16.4. The minimum Gasteiger partial charge on any atom is -0.480 e. The van der Waals surface area contributed by atoms with Gasteiger partial charge in [0.2, 0.25) is 5.39 Å². The summed E-state index contributed by atoms with van der Waals surface area (Å²) in [5, 5.41) is 46.7. The molecular formula is C23H33N6O8+. The van der Waals surface area contributed by atoms with Crippen molar-refractivity contribution in [2.75, 3.05) is 72.0 Å². The summed E-state index contributed by atoms with van der Waals surface area (Å²) in [6.45, 7) is 0.353. The number of aliphatic carboxylic acids is 4. The second-order valence-electron chi connectivity index (χ2n) is 8.96. The van der Waals surface area contributed by atoms with Gasteiger partial charge >= 0.3 is 29.6 Å². The van der Waals surface area contributed by atoms with Crippen molar-refractivity contribution in [3.63, 3.8) is 0 Å². The van der Waals surface area contributed by atoms with Crippen molar-refractivity contribution in [3.8, 4) is 0 Å². The third-order valence-corrected chi connectivity index (χ3v) is 6.09. The Morgan fingerprint density at radius 2 is 1.14 bits per heavy atom. The van der Waals surface area contributed by atoms with Crippen molar-refractivity contribution in [3.05, 3.63) is 34.8 Å². The van der Waals surface area contributed by atoms with Gasteiger partial charge in [-0.1, -0.05) is 12.1 Å². The molecule has 1 aromatic carbocycles. The van der Waals surface area contributed by atoms with Crippen LogP contribution in [0.25, 0.3) is 4.98 Å². The maximum absolute atomic E-state index is 11.7. The molecule has 14 nitrogen and oxygen atoms in total. The van der Waals surface area contributed by atoms with Gasteiger partial charge in [-0.05, 0) is 12.0 Å². The number of carboxylic acids is 4. The van der Waals surface area contributed by atoms with Crippen LogP contribution in [0.4, 0.5) is 5.69 Å². The van der Waals surface area contributed by atoms with E-state index < -0.39 is 29.9 Å². The molecule has 37 heavy (non-hydrogen) atoms. The number of hydrogen-bond acceptors (Lipinski definition) is 9. The molecule has 4 N–H and O–H groups in total. The summed E-state index contributed by atoms with van der Waals surface area (Å²) in [4.78, 5) is 55.9. The van der Waals surface area contributed by atoms with E-state index in [0.717, 1.165) is 5.56 Å². The van der Waals surface area contributed by atoms with Crippen LogP contribution in [-0.2, 0) is 25.6 Å². The molecule has 1 atom stereocenters.